The van der Waals surface area contributed by atoms with Gasteiger partial charge in [-0.2, -0.15) is 4.31 Å². The summed E-state index contributed by atoms with van der Waals surface area (Å²) in [6, 6.07) is 2.36. The molecule has 1 fully saturated rings. The predicted octanol–water partition coefficient (Wildman–Crippen LogP) is 0.782. The molecular formula is C15H18F2N2O5S. The van der Waals surface area contributed by atoms with Crippen molar-refractivity contribution in [3.05, 3.63) is 29.8 Å². The Hall–Kier alpha value is -2.07. The van der Waals surface area contributed by atoms with Gasteiger partial charge in [-0.15, -0.1) is 0 Å². The zero-order chi connectivity index (χ0) is 18.8. The number of piperidine rings is 1. The Bertz CT molecular complexity index is 776. The van der Waals surface area contributed by atoms with Crippen molar-refractivity contribution in [2.45, 2.75) is 30.8 Å². The largest absolute Gasteiger partial charge is 0.452 e. The van der Waals surface area contributed by atoms with Crippen LogP contribution in [0.1, 0.15) is 19.8 Å². The van der Waals surface area contributed by atoms with Gasteiger partial charge in [-0.25, -0.2) is 17.2 Å². The predicted molar refractivity (Wildman–Crippen MR) is 82.6 cm³/mol. The van der Waals surface area contributed by atoms with E-state index < -0.39 is 45.6 Å². The van der Waals surface area contributed by atoms with Crippen LogP contribution >= 0.6 is 0 Å². The van der Waals surface area contributed by atoms with Gasteiger partial charge in [0.1, 0.15) is 0 Å². The molecule has 2 rings (SSSR count). The summed E-state index contributed by atoms with van der Waals surface area (Å²) in [4.78, 5) is 22.5. The first-order valence-corrected chi connectivity index (χ1v) is 9.02. The van der Waals surface area contributed by atoms with Crippen molar-refractivity contribution in [2.24, 2.45) is 11.7 Å². The van der Waals surface area contributed by atoms with Gasteiger partial charge < -0.3 is 10.5 Å². The molecule has 1 aromatic rings. The summed E-state index contributed by atoms with van der Waals surface area (Å²) < 4.78 is 57.2. The SMILES string of the molecule is C[C@@H](OC(=O)C1CCN(S(=O)(=O)c2ccc(F)c(F)c2)CC1)C(N)=O. The Kier molecular flexibility index (Phi) is 5.73. The van der Waals surface area contributed by atoms with Gasteiger partial charge >= 0.3 is 5.97 Å². The number of nitrogens with zero attached hydrogens (tertiary/aromatic N) is 1. The second-order valence-electron chi connectivity index (χ2n) is 5.74. The minimum Gasteiger partial charge on any atom is -0.452 e. The third-order valence-corrected chi connectivity index (χ3v) is 5.90. The van der Waals surface area contributed by atoms with E-state index in [2.05, 4.69) is 0 Å². The minimum atomic E-state index is -3.99. The Balaban J connectivity index is 2.02. The van der Waals surface area contributed by atoms with E-state index in [4.69, 9.17) is 10.5 Å². The van der Waals surface area contributed by atoms with Gasteiger partial charge in [-0.3, -0.25) is 9.59 Å². The lowest BCUT2D eigenvalue weighted by Gasteiger charge is -2.30. The van der Waals surface area contributed by atoms with E-state index in [9.17, 15) is 26.8 Å². The molecule has 1 saturated heterocycles. The molecule has 7 nitrogen and oxygen atoms in total. The molecule has 0 saturated carbocycles. The number of sulfonamides is 1. The quantitative estimate of drug-likeness (QED) is 0.765. The second kappa shape index (κ2) is 7.44. The fraction of sp³-hybridized carbons (Fsp3) is 0.467. The standard InChI is InChI=1S/C15H18F2N2O5S/c1-9(14(18)20)24-15(21)10-4-6-19(7-5-10)25(22,23)11-2-3-12(16)13(17)8-11/h2-3,8-10H,4-7H2,1H3,(H2,18,20)/t9-/m1/s1. The average Bonchev–Trinajstić information content (AvgIpc) is 2.57. The number of halogens is 2. The van der Waals surface area contributed by atoms with E-state index in [1.807, 2.05) is 0 Å². The van der Waals surface area contributed by atoms with Crippen molar-refractivity contribution in [3.63, 3.8) is 0 Å². The summed E-state index contributed by atoms with van der Waals surface area (Å²) in [7, 11) is -3.99. The van der Waals surface area contributed by atoms with Crippen molar-refractivity contribution in [3.8, 4) is 0 Å². The molecule has 0 bridgehead atoms. The zero-order valence-electron chi connectivity index (χ0n) is 13.4. The summed E-state index contributed by atoms with van der Waals surface area (Å²) in [5.74, 6) is -4.33. The van der Waals surface area contributed by atoms with Crippen LogP contribution in [0.25, 0.3) is 0 Å². The first-order chi connectivity index (χ1) is 11.6. The Morgan fingerprint density at radius 1 is 1.24 bits per heavy atom. The van der Waals surface area contributed by atoms with Crippen LogP contribution in [0.5, 0.6) is 0 Å². The highest BCUT2D eigenvalue weighted by molar-refractivity contribution is 7.89. The van der Waals surface area contributed by atoms with Crippen LogP contribution in [0.2, 0.25) is 0 Å². The second-order valence-corrected chi connectivity index (χ2v) is 7.67. The molecule has 2 N–H and O–H groups in total. The molecule has 10 heteroatoms. The van der Waals surface area contributed by atoms with Gasteiger partial charge in [0.15, 0.2) is 17.7 Å². The third-order valence-electron chi connectivity index (χ3n) is 4.01. The first-order valence-electron chi connectivity index (χ1n) is 7.58. The van der Waals surface area contributed by atoms with Gasteiger partial charge in [-0.05, 0) is 38.0 Å². The van der Waals surface area contributed by atoms with E-state index in [0.29, 0.717) is 6.07 Å². The Morgan fingerprint density at radius 3 is 2.36 bits per heavy atom. The van der Waals surface area contributed by atoms with Gasteiger partial charge in [0.25, 0.3) is 5.91 Å². The lowest BCUT2D eigenvalue weighted by molar-refractivity contribution is -0.159. The van der Waals surface area contributed by atoms with E-state index in [-0.39, 0.29) is 30.8 Å². The Labute approximate surface area is 143 Å². The Morgan fingerprint density at radius 2 is 1.84 bits per heavy atom. The number of amides is 1. The fourth-order valence-corrected chi connectivity index (χ4v) is 3.93. The number of esters is 1. The van der Waals surface area contributed by atoms with Crippen LogP contribution in [-0.4, -0.2) is 43.8 Å². The molecule has 1 atom stereocenters. The normalized spacial score (nSPS) is 17.9. The van der Waals surface area contributed by atoms with E-state index in [0.717, 1.165) is 16.4 Å². The van der Waals surface area contributed by atoms with Crippen molar-refractivity contribution in [1.29, 1.82) is 0 Å². The highest BCUT2D eigenvalue weighted by atomic mass is 32.2. The smallest absolute Gasteiger partial charge is 0.309 e. The van der Waals surface area contributed by atoms with Gasteiger partial charge in [0.2, 0.25) is 10.0 Å². The number of carbonyl (C=O) groups excluding carboxylic acids is 2. The number of rotatable bonds is 5. The summed E-state index contributed by atoms with van der Waals surface area (Å²) in [6.45, 7) is 1.39. The van der Waals surface area contributed by atoms with Crippen LogP contribution in [0.15, 0.2) is 23.1 Å². The van der Waals surface area contributed by atoms with Gasteiger partial charge in [0.05, 0.1) is 10.8 Å². The van der Waals surface area contributed by atoms with Gasteiger partial charge in [0, 0.05) is 13.1 Å². The van der Waals surface area contributed by atoms with Crippen LogP contribution < -0.4 is 5.73 Å². The number of carbonyl (C=O) groups is 2. The number of benzene rings is 1. The number of primary amides is 1. The molecule has 0 aliphatic carbocycles. The summed E-state index contributed by atoms with van der Waals surface area (Å²) in [5.41, 5.74) is 5.02. The van der Waals surface area contributed by atoms with Crippen molar-refractivity contribution in [2.75, 3.05) is 13.1 Å². The van der Waals surface area contributed by atoms with Crippen LogP contribution in [-0.2, 0) is 24.3 Å². The molecule has 0 unspecified atom stereocenters. The molecular weight excluding hydrogens is 358 g/mol. The summed E-state index contributed by atoms with van der Waals surface area (Å²) in [6.07, 6.45) is -0.683. The maximum Gasteiger partial charge on any atom is 0.309 e. The van der Waals surface area contributed by atoms with Crippen molar-refractivity contribution >= 4 is 21.9 Å². The zero-order valence-corrected chi connectivity index (χ0v) is 14.3. The molecule has 1 aromatic carbocycles. The number of hydrogen-bond donors (Lipinski definition) is 1. The third kappa shape index (κ3) is 4.31. The highest BCUT2D eigenvalue weighted by Gasteiger charge is 2.34. The highest BCUT2D eigenvalue weighted by Crippen LogP contribution is 2.25. The lowest BCUT2D eigenvalue weighted by Crippen LogP contribution is -2.41. The fourth-order valence-electron chi connectivity index (χ4n) is 2.45. The monoisotopic (exact) mass is 376 g/mol. The molecule has 0 radical (unpaired) electrons. The topological polar surface area (TPSA) is 107 Å². The molecule has 0 aromatic heterocycles. The molecule has 1 amide bonds. The minimum absolute atomic E-state index is 0.0199. The molecule has 1 heterocycles. The van der Waals surface area contributed by atoms with Crippen LogP contribution in [0.4, 0.5) is 8.78 Å². The number of hydrogen-bond acceptors (Lipinski definition) is 5. The van der Waals surface area contributed by atoms with E-state index in [1.54, 1.807) is 0 Å². The van der Waals surface area contributed by atoms with Crippen molar-refractivity contribution in [1.82, 2.24) is 4.31 Å². The maximum atomic E-state index is 13.3. The van der Waals surface area contributed by atoms with Crippen LogP contribution in [0, 0.1) is 17.6 Å². The average molecular weight is 376 g/mol. The number of nitrogens with two attached hydrogens (primary N) is 1. The van der Waals surface area contributed by atoms with Crippen molar-refractivity contribution < 1.29 is 31.5 Å². The molecule has 138 valence electrons. The molecule has 0 spiro atoms. The lowest BCUT2D eigenvalue weighted by atomic mass is 9.98. The molecule has 25 heavy (non-hydrogen) atoms. The first kappa shape index (κ1) is 19.3. The summed E-state index contributed by atoms with van der Waals surface area (Å²) >= 11 is 0. The van der Waals surface area contributed by atoms with Gasteiger partial charge in [-0.1, -0.05) is 0 Å². The van der Waals surface area contributed by atoms with E-state index >= 15 is 0 Å². The number of ether oxygens (including phenoxy) is 1. The molecule has 1 aliphatic heterocycles. The maximum absolute atomic E-state index is 13.3. The van der Waals surface area contributed by atoms with E-state index in [1.165, 1.54) is 6.92 Å². The summed E-state index contributed by atoms with van der Waals surface area (Å²) in [5, 5.41) is 0. The van der Waals surface area contributed by atoms with Crippen LogP contribution in [0.3, 0.4) is 0 Å². The molecule has 1 aliphatic rings.